The van der Waals surface area contributed by atoms with Gasteiger partial charge in [0.15, 0.2) is 0 Å². The van der Waals surface area contributed by atoms with Crippen molar-refractivity contribution in [2.75, 3.05) is 19.6 Å². The molecule has 2 aromatic rings. The van der Waals surface area contributed by atoms with Gasteiger partial charge in [0, 0.05) is 12.6 Å². The van der Waals surface area contributed by atoms with E-state index in [9.17, 15) is 0 Å². The molecule has 0 bridgehead atoms. The second kappa shape index (κ2) is 5.09. The van der Waals surface area contributed by atoms with Crippen molar-refractivity contribution in [3.63, 3.8) is 0 Å². The molecule has 1 saturated heterocycles. The summed E-state index contributed by atoms with van der Waals surface area (Å²) in [6.45, 7) is 3.40. The van der Waals surface area contributed by atoms with E-state index in [1.54, 1.807) is 0 Å². The van der Waals surface area contributed by atoms with Gasteiger partial charge in [0.2, 0.25) is 0 Å². The molecule has 1 aliphatic rings. The highest BCUT2D eigenvalue weighted by molar-refractivity contribution is 5.83. The Morgan fingerprint density at radius 2 is 1.72 bits per heavy atom. The van der Waals surface area contributed by atoms with Gasteiger partial charge in [-0.25, -0.2) is 0 Å². The van der Waals surface area contributed by atoms with E-state index in [1.807, 2.05) is 0 Å². The zero-order valence-corrected chi connectivity index (χ0v) is 10.7. The normalized spacial score (nSPS) is 18.3. The Kier molecular flexibility index (Phi) is 3.31. The average Bonchev–Trinajstić information content (AvgIpc) is 2.91. The molecular formula is C16H20N2. The Balaban J connectivity index is 1.80. The van der Waals surface area contributed by atoms with Crippen molar-refractivity contribution in [2.24, 2.45) is 5.73 Å². The van der Waals surface area contributed by atoms with Crippen LogP contribution in [0, 0.1) is 0 Å². The molecule has 94 valence electrons. The van der Waals surface area contributed by atoms with Crippen LogP contribution in [0.4, 0.5) is 0 Å². The number of hydrogen-bond donors (Lipinski definition) is 1. The first-order valence-electron chi connectivity index (χ1n) is 6.79. The molecule has 2 aromatic carbocycles. The summed E-state index contributed by atoms with van der Waals surface area (Å²) in [5.41, 5.74) is 7.57. The minimum absolute atomic E-state index is 0.132. The molecule has 1 aliphatic heterocycles. The van der Waals surface area contributed by atoms with E-state index in [2.05, 4.69) is 47.4 Å². The molecule has 2 N–H and O–H groups in total. The third-order valence-corrected chi connectivity index (χ3v) is 3.86. The van der Waals surface area contributed by atoms with Crippen molar-refractivity contribution in [1.82, 2.24) is 4.90 Å². The van der Waals surface area contributed by atoms with Gasteiger partial charge in [-0.2, -0.15) is 0 Å². The summed E-state index contributed by atoms with van der Waals surface area (Å²) in [4.78, 5) is 2.47. The number of likely N-dealkylation sites (tertiary alicyclic amines) is 1. The maximum atomic E-state index is 6.32. The number of rotatable bonds is 3. The summed E-state index contributed by atoms with van der Waals surface area (Å²) in [7, 11) is 0. The molecule has 0 aromatic heterocycles. The summed E-state index contributed by atoms with van der Waals surface area (Å²) in [6, 6.07) is 15.2. The van der Waals surface area contributed by atoms with Gasteiger partial charge >= 0.3 is 0 Å². The first-order chi connectivity index (χ1) is 8.83. The highest BCUT2D eigenvalue weighted by Crippen LogP contribution is 2.21. The second-order valence-corrected chi connectivity index (χ2v) is 5.22. The van der Waals surface area contributed by atoms with Crippen molar-refractivity contribution in [3.8, 4) is 0 Å². The van der Waals surface area contributed by atoms with Gasteiger partial charge in [-0.15, -0.1) is 0 Å². The zero-order valence-electron chi connectivity index (χ0n) is 10.7. The number of fused-ring (bicyclic) bond motifs is 1. The van der Waals surface area contributed by atoms with E-state index in [4.69, 9.17) is 5.73 Å². The van der Waals surface area contributed by atoms with Crippen LogP contribution in [0.15, 0.2) is 42.5 Å². The monoisotopic (exact) mass is 240 g/mol. The van der Waals surface area contributed by atoms with E-state index >= 15 is 0 Å². The van der Waals surface area contributed by atoms with Gasteiger partial charge in [0.25, 0.3) is 0 Å². The fourth-order valence-corrected chi connectivity index (χ4v) is 2.79. The number of nitrogens with two attached hydrogens (primary N) is 1. The van der Waals surface area contributed by atoms with Gasteiger partial charge in [-0.1, -0.05) is 36.4 Å². The van der Waals surface area contributed by atoms with Crippen LogP contribution in [0.25, 0.3) is 10.8 Å². The number of benzene rings is 2. The second-order valence-electron chi connectivity index (χ2n) is 5.22. The minimum Gasteiger partial charge on any atom is -0.323 e. The fourth-order valence-electron chi connectivity index (χ4n) is 2.79. The molecular weight excluding hydrogens is 220 g/mol. The fraction of sp³-hybridized carbons (Fsp3) is 0.375. The first kappa shape index (κ1) is 11.7. The van der Waals surface area contributed by atoms with E-state index in [0.29, 0.717) is 0 Å². The van der Waals surface area contributed by atoms with Gasteiger partial charge in [0.05, 0.1) is 0 Å². The molecule has 1 unspecified atom stereocenters. The molecule has 2 nitrogen and oxygen atoms in total. The van der Waals surface area contributed by atoms with Crippen LogP contribution in [0.1, 0.15) is 24.4 Å². The Morgan fingerprint density at radius 3 is 2.50 bits per heavy atom. The number of nitrogens with zero attached hydrogens (tertiary/aromatic N) is 1. The third-order valence-electron chi connectivity index (χ3n) is 3.86. The minimum atomic E-state index is 0.132. The molecule has 1 fully saturated rings. The SMILES string of the molecule is NC(CN1CCCC1)c1ccc2ccccc2c1. The van der Waals surface area contributed by atoms with Gasteiger partial charge in [0.1, 0.15) is 0 Å². The molecule has 0 radical (unpaired) electrons. The lowest BCUT2D eigenvalue weighted by molar-refractivity contribution is 0.316. The highest BCUT2D eigenvalue weighted by Gasteiger charge is 2.16. The van der Waals surface area contributed by atoms with Crippen molar-refractivity contribution in [3.05, 3.63) is 48.0 Å². The standard InChI is InChI=1S/C16H20N2/c17-16(12-18-9-3-4-10-18)15-8-7-13-5-1-2-6-14(13)11-15/h1-2,5-8,11,16H,3-4,9-10,12,17H2. The molecule has 0 spiro atoms. The van der Waals surface area contributed by atoms with Crippen molar-refractivity contribution in [1.29, 1.82) is 0 Å². The lowest BCUT2D eigenvalue weighted by Crippen LogP contribution is -2.29. The molecule has 18 heavy (non-hydrogen) atoms. The van der Waals surface area contributed by atoms with Crippen LogP contribution in [0.3, 0.4) is 0 Å². The van der Waals surface area contributed by atoms with Gasteiger partial charge < -0.3 is 10.6 Å². The molecule has 0 amide bonds. The average molecular weight is 240 g/mol. The van der Waals surface area contributed by atoms with Crippen LogP contribution >= 0.6 is 0 Å². The Morgan fingerprint density at radius 1 is 1.00 bits per heavy atom. The summed E-state index contributed by atoms with van der Waals surface area (Å²) in [6.07, 6.45) is 2.65. The topological polar surface area (TPSA) is 29.3 Å². The van der Waals surface area contributed by atoms with E-state index in [0.717, 1.165) is 6.54 Å². The van der Waals surface area contributed by atoms with E-state index in [-0.39, 0.29) is 6.04 Å². The molecule has 1 atom stereocenters. The largest absolute Gasteiger partial charge is 0.323 e. The summed E-state index contributed by atoms with van der Waals surface area (Å²) < 4.78 is 0. The first-order valence-corrected chi connectivity index (χ1v) is 6.79. The molecule has 3 rings (SSSR count). The van der Waals surface area contributed by atoms with Crippen molar-refractivity contribution in [2.45, 2.75) is 18.9 Å². The van der Waals surface area contributed by atoms with Crippen LogP contribution in [0.5, 0.6) is 0 Å². The maximum absolute atomic E-state index is 6.32. The predicted molar refractivity (Wildman–Crippen MR) is 76.6 cm³/mol. The van der Waals surface area contributed by atoms with Crippen molar-refractivity contribution < 1.29 is 0 Å². The quantitative estimate of drug-likeness (QED) is 0.893. The number of hydrogen-bond acceptors (Lipinski definition) is 2. The smallest absolute Gasteiger partial charge is 0.0424 e. The van der Waals surface area contributed by atoms with E-state index < -0.39 is 0 Å². The molecule has 0 saturated carbocycles. The predicted octanol–water partition coefficient (Wildman–Crippen LogP) is 2.94. The Bertz CT molecular complexity index is 529. The summed E-state index contributed by atoms with van der Waals surface area (Å²) in [5, 5.41) is 2.57. The molecule has 1 heterocycles. The lowest BCUT2D eigenvalue weighted by atomic mass is 10.0. The highest BCUT2D eigenvalue weighted by atomic mass is 15.1. The zero-order chi connectivity index (χ0) is 12.4. The van der Waals surface area contributed by atoms with Gasteiger partial charge in [-0.3, -0.25) is 0 Å². The third kappa shape index (κ3) is 2.40. The molecule has 2 heteroatoms. The van der Waals surface area contributed by atoms with Crippen LogP contribution < -0.4 is 5.73 Å². The molecule has 0 aliphatic carbocycles. The van der Waals surface area contributed by atoms with Gasteiger partial charge in [-0.05, 0) is 48.3 Å². The maximum Gasteiger partial charge on any atom is 0.0424 e. The summed E-state index contributed by atoms with van der Waals surface area (Å²) >= 11 is 0. The van der Waals surface area contributed by atoms with Crippen LogP contribution in [0.2, 0.25) is 0 Å². The van der Waals surface area contributed by atoms with Crippen LogP contribution in [-0.4, -0.2) is 24.5 Å². The Hall–Kier alpha value is -1.38. The summed E-state index contributed by atoms with van der Waals surface area (Å²) in [5.74, 6) is 0. The Labute approximate surface area is 108 Å². The lowest BCUT2D eigenvalue weighted by Gasteiger charge is -2.20. The van der Waals surface area contributed by atoms with Crippen molar-refractivity contribution >= 4 is 10.8 Å². The van der Waals surface area contributed by atoms with E-state index in [1.165, 1.54) is 42.3 Å². The van der Waals surface area contributed by atoms with Crippen LogP contribution in [-0.2, 0) is 0 Å².